The first-order valence-electron chi connectivity index (χ1n) is 6.33. The molecule has 0 radical (unpaired) electrons. The first kappa shape index (κ1) is 12.6. The number of oxazole rings is 1. The Labute approximate surface area is 113 Å². The molecule has 2 N–H and O–H groups in total. The molecule has 1 aromatic carbocycles. The molecule has 19 heavy (non-hydrogen) atoms. The van der Waals surface area contributed by atoms with E-state index in [1.807, 2.05) is 12.1 Å². The van der Waals surface area contributed by atoms with Crippen LogP contribution in [-0.4, -0.2) is 27.7 Å². The van der Waals surface area contributed by atoms with Gasteiger partial charge in [-0.3, -0.25) is 4.21 Å². The van der Waals surface area contributed by atoms with Crippen LogP contribution in [0, 0.1) is 0 Å². The van der Waals surface area contributed by atoms with E-state index in [-0.39, 0.29) is 5.25 Å². The molecule has 1 unspecified atom stereocenters. The summed E-state index contributed by atoms with van der Waals surface area (Å²) < 4.78 is 23.1. The van der Waals surface area contributed by atoms with Gasteiger partial charge < -0.3 is 14.9 Å². The quantitative estimate of drug-likeness (QED) is 0.868. The number of hydrogen-bond acceptors (Lipinski definition) is 5. The second-order valence-corrected chi connectivity index (χ2v) is 6.36. The Morgan fingerprint density at radius 1 is 1.37 bits per heavy atom. The van der Waals surface area contributed by atoms with E-state index in [9.17, 15) is 4.21 Å². The fourth-order valence-electron chi connectivity index (χ4n) is 2.26. The highest BCUT2D eigenvalue weighted by atomic mass is 32.2. The Morgan fingerprint density at radius 2 is 2.16 bits per heavy atom. The lowest BCUT2D eigenvalue weighted by atomic mass is 10.2. The minimum absolute atomic E-state index is 0.182. The molecule has 5 nitrogen and oxygen atoms in total. The molecule has 1 saturated heterocycles. The van der Waals surface area contributed by atoms with Gasteiger partial charge in [0, 0.05) is 29.3 Å². The van der Waals surface area contributed by atoms with Crippen LogP contribution in [0.5, 0.6) is 0 Å². The van der Waals surface area contributed by atoms with Crippen molar-refractivity contribution in [3.8, 4) is 0 Å². The number of nitrogens with zero attached hydrogens (tertiary/aromatic N) is 1. The first-order chi connectivity index (χ1) is 9.24. The van der Waals surface area contributed by atoms with E-state index in [1.54, 1.807) is 6.07 Å². The Balaban J connectivity index is 1.77. The van der Waals surface area contributed by atoms with Crippen molar-refractivity contribution in [2.75, 3.05) is 18.9 Å². The second-order valence-electron chi connectivity index (χ2n) is 4.64. The number of ether oxygens (including phenoxy) is 1. The summed E-state index contributed by atoms with van der Waals surface area (Å²) in [6, 6.07) is 5.42. The van der Waals surface area contributed by atoms with E-state index < -0.39 is 10.8 Å². The molecule has 0 saturated carbocycles. The molecule has 0 amide bonds. The molecule has 3 rings (SSSR count). The van der Waals surface area contributed by atoms with E-state index in [0.717, 1.165) is 12.8 Å². The third kappa shape index (κ3) is 2.64. The maximum absolute atomic E-state index is 12.3. The Hall–Kier alpha value is -1.40. The lowest BCUT2D eigenvalue weighted by Crippen LogP contribution is -2.25. The fraction of sp³-hybridized carbons (Fsp3) is 0.462. The molecule has 0 bridgehead atoms. The number of nitrogens with two attached hydrogens (primary N) is 1. The molecule has 1 atom stereocenters. The highest BCUT2D eigenvalue weighted by molar-refractivity contribution is 7.84. The molecule has 0 spiro atoms. The third-order valence-corrected chi connectivity index (χ3v) is 5.05. The standard InChI is InChI=1S/C13H16N2O3S/c14-10-2-1-3-11-13(10)15-12(18-11)8-19(16)9-4-6-17-7-5-9/h1-3,9H,4-8,14H2. The van der Waals surface area contributed by atoms with E-state index in [0.29, 0.717) is 41.6 Å². The van der Waals surface area contributed by atoms with Gasteiger partial charge in [0.1, 0.15) is 11.3 Å². The summed E-state index contributed by atoms with van der Waals surface area (Å²) in [4.78, 5) is 4.33. The molecular formula is C13H16N2O3S. The number of rotatable bonds is 3. The number of anilines is 1. The molecule has 2 heterocycles. The molecule has 1 aromatic heterocycles. The summed E-state index contributed by atoms with van der Waals surface area (Å²) in [5.74, 6) is 0.844. The van der Waals surface area contributed by atoms with Gasteiger partial charge in [0.2, 0.25) is 5.89 Å². The highest BCUT2D eigenvalue weighted by Crippen LogP contribution is 2.23. The molecule has 1 aliphatic rings. The molecule has 0 aliphatic carbocycles. The van der Waals surface area contributed by atoms with Crippen LogP contribution < -0.4 is 5.73 Å². The second kappa shape index (κ2) is 5.30. The van der Waals surface area contributed by atoms with Crippen LogP contribution in [-0.2, 0) is 21.3 Å². The lowest BCUT2D eigenvalue weighted by molar-refractivity contribution is 0.0991. The van der Waals surface area contributed by atoms with Crippen LogP contribution in [0.15, 0.2) is 22.6 Å². The monoisotopic (exact) mass is 280 g/mol. The number of benzene rings is 1. The minimum Gasteiger partial charge on any atom is -0.440 e. The van der Waals surface area contributed by atoms with Crippen LogP contribution in [0.25, 0.3) is 11.1 Å². The van der Waals surface area contributed by atoms with E-state index in [2.05, 4.69) is 4.98 Å². The average molecular weight is 280 g/mol. The zero-order valence-electron chi connectivity index (χ0n) is 10.5. The summed E-state index contributed by atoms with van der Waals surface area (Å²) in [6.07, 6.45) is 1.68. The molecule has 1 aliphatic heterocycles. The van der Waals surface area contributed by atoms with E-state index in [1.165, 1.54) is 0 Å². The Morgan fingerprint density at radius 3 is 2.89 bits per heavy atom. The van der Waals surface area contributed by atoms with Crippen LogP contribution in [0.3, 0.4) is 0 Å². The molecule has 6 heteroatoms. The van der Waals surface area contributed by atoms with Crippen molar-refractivity contribution < 1.29 is 13.4 Å². The summed E-state index contributed by atoms with van der Waals surface area (Å²) >= 11 is 0. The van der Waals surface area contributed by atoms with Gasteiger partial charge >= 0.3 is 0 Å². The van der Waals surface area contributed by atoms with Crippen LogP contribution in [0.4, 0.5) is 5.69 Å². The third-order valence-electron chi connectivity index (χ3n) is 3.30. The fourth-order valence-corrected chi connectivity index (χ4v) is 3.58. The van der Waals surface area contributed by atoms with Gasteiger partial charge in [-0.2, -0.15) is 0 Å². The van der Waals surface area contributed by atoms with Crippen LogP contribution in [0.1, 0.15) is 18.7 Å². The van der Waals surface area contributed by atoms with Crippen molar-refractivity contribution in [1.29, 1.82) is 0 Å². The smallest absolute Gasteiger partial charge is 0.208 e. The zero-order valence-corrected chi connectivity index (χ0v) is 11.3. The normalized spacial score (nSPS) is 18.7. The summed E-state index contributed by atoms with van der Waals surface area (Å²) in [5.41, 5.74) is 7.72. The van der Waals surface area contributed by atoms with Crippen molar-refractivity contribution in [1.82, 2.24) is 4.98 Å². The Bertz CT molecular complexity index is 605. The topological polar surface area (TPSA) is 78.3 Å². The molecule has 2 aromatic rings. The number of fused-ring (bicyclic) bond motifs is 1. The van der Waals surface area contributed by atoms with E-state index >= 15 is 0 Å². The molecular weight excluding hydrogens is 264 g/mol. The van der Waals surface area contributed by atoms with Gasteiger partial charge in [0.05, 0.1) is 5.69 Å². The van der Waals surface area contributed by atoms with E-state index in [4.69, 9.17) is 14.9 Å². The minimum atomic E-state index is -0.968. The maximum atomic E-state index is 12.3. The van der Waals surface area contributed by atoms with Crippen LogP contribution in [0.2, 0.25) is 0 Å². The lowest BCUT2D eigenvalue weighted by Gasteiger charge is -2.20. The number of para-hydroxylation sites is 1. The molecule has 1 fully saturated rings. The number of aromatic nitrogens is 1. The van der Waals surface area contributed by atoms with Crippen LogP contribution >= 0.6 is 0 Å². The van der Waals surface area contributed by atoms with Gasteiger partial charge in [-0.15, -0.1) is 0 Å². The predicted molar refractivity (Wildman–Crippen MR) is 74.1 cm³/mol. The van der Waals surface area contributed by atoms with Gasteiger partial charge in [0.15, 0.2) is 5.58 Å². The van der Waals surface area contributed by atoms with Gasteiger partial charge in [-0.1, -0.05) is 6.07 Å². The van der Waals surface area contributed by atoms with Gasteiger partial charge in [-0.05, 0) is 25.0 Å². The SMILES string of the molecule is Nc1cccc2oc(CS(=O)C3CCOCC3)nc12. The average Bonchev–Trinajstić information content (AvgIpc) is 2.84. The number of nitrogen functional groups attached to an aromatic ring is 1. The molecule has 102 valence electrons. The summed E-state index contributed by atoms with van der Waals surface area (Å²) in [7, 11) is -0.968. The summed E-state index contributed by atoms with van der Waals surface area (Å²) in [5, 5.41) is 0.182. The van der Waals surface area contributed by atoms with Gasteiger partial charge in [0.25, 0.3) is 0 Å². The van der Waals surface area contributed by atoms with Crippen molar-refractivity contribution in [3.05, 3.63) is 24.1 Å². The Kier molecular flexibility index (Phi) is 3.52. The number of hydrogen-bond donors (Lipinski definition) is 1. The van der Waals surface area contributed by atoms with Crippen molar-refractivity contribution in [3.63, 3.8) is 0 Å². The van der Waals surface area contributed by atoms with Gasteiger partial charge in [-0.25, -0.2) is 4.98 Å². The highest BCUT2D eigenvalue weighted by Gasteiger charge is 2.22. The zero-order chi connectivity index (χ0) is 13.2. The predicted octanol–water partition coefficient (Wildman–Crippen LogP) is 1.84. The summed E-state index contributed by atoms with van der Waals surface area (Å²) in [6.45, 7) is 1.38. The van der Waals surface area contributed by atoms with Crippen molar-refractivity contribution in [2.24, 2.45) is 0 Å². The first-order valence-corrected chi connectivity index (χ1v) is 7.71. The van der Waals surface area contributed by atoms with Crippen molar-refractivity contribution >= 4 is 27.6 Å². The van der Waals surface area contributed by atoms with Crippen molar-refractivity contribution in [2.45, 2.75) is 23.8 Å². The maximum Gasteiger partial charge on any atom is 0.208 e. The largest absolute Gasteiger partial charge is 0.440 e.